The van der Waals surface area contributed by atoms with Crippen LogP contribution in [0.25, 0.3) is 5.69 Å². The van der Waals surface area contributed by atoms with Crippen molar-refractivity contribution in [1.29, 1.82) is 0 Å². The van der Waals surface area contributed by atoms with E-state index in [1.165, 1.54) is 0 Å². The first-order valence-corrected chi connectivity index (χ1v) is 13.1. The quantitative estimate of drug-likeness (QED) is 0.288. The average Bonchev–Trinajstić information content (AvgIpc) is 3.44. The van der Waals surface area contributed by atoms with Crippen molar-refractivity contribution in [2.75, 3.05) is 17.3 Å². The molecule has 4 aromatic rings. The van der Waals surface area contributed by atoms with Crippen LogP contribution in [0.5, 0.6) is 5.75 Å². The number of rotatable bonds is 7. The summed E-state index contributed by atoms with van der Waals surface area (Å²) in [5, 5.41) is 7.04. The van der Waals surface area contributed by atoms with Crippen molar-refractivity contribution in [3.8, 4) is 11.4 Å². The second-order valence-electron chi connectivity index (χ2n) is 9.28. The van der Waals surface area contributed by atoms with Crippen LogP contribution in [0.1, 0.15) is 48.1 Å². The molecule has 7 nitrogen and oxygen atoms in total. The Morgan fingerprint density at radius 2 is 1.82 bits per heavy atom. The minimum Gasteiger partial charge on any atom is -0.494 e. The zero-order valence-electron chi connectivity index (χ0n) is 21.9. The average molecular weight is 526 g/mol. The maximum atomic E-state index is 12.1. The van der Waals surface area contributed by atoms with Crippen LogP contribution in [0, 0.1) is 13.8 Å². The van der Waals surface area contributed by atoms with Gasteiger partial charge in [0.2, 0.25) is 5.91 Å². The van der Waals surface area contributed by atoms with Crippen molar-refractivity contribution in [3.63, 3.8) is 0 Å². The Labute approximate surface area is 228 Å². The minimum atomic E-state index is -0.168. The molecule has 5 rings (SSSR count). The first kappa shape index (κ1) is 25.5. The number of nitrogens with zero attached hydrogens (tertiary/aromatic N) is 3. The Morgan fingerprint density at radius 3 is 2.50 bits per heavy atom. The van der Waals surface area contributed by atoms with Gasteiger partial charge in [-0.1, -0.05) is 31.2 Å². The van der Waals surface area contributed by atoms with E-state index in [1.54, 1.807) is 13.3 Å². The topological polar surface area (TPSA) is 71.4 Å². The predicted octanol–water partition coefficient (Wildman–Crippen LogP) is 6.02. The zero-order chi connectivity index (χ0) is 26.8. The van der Waals surface area contributed by atoms with Gasteiger partial charge in [0.05, 0.1) is 30.6 Å². The predicted molar refractivity (Wildman–Crippen MR) is 155 cm³/mol. The molecule has 1 saturated heterocycles. The van der Waals surface area contributed by atoms with Crippen LogP contribution < -0.4 is 20.3 Å². The summed E-state index contributed by atoms with van der Waals surface area (Å²) in [4.78, 5) is 18.9. The van der Waals surface area contributed by atoms with Gasteiger partial charge in [-0.05, 0) is 74.1 Å². The van der Waals surface area contributed by atoms with Crippen LogP contribution in [0.2, 0.25) is 0 Å². The fourth-order valence-corrected chi connectivity index (χ4v) is 5.53. The van der Waals surface area contributed by atoms with E-state index in [9.17, 15) is 4.79 Å². The van der Waals surface area contributed by atoms with Crippen LogP contribution in [0.15, 0.2) is 79.0 Å². The van der Waals surface area contributed by atoms with E-state index < -0.39 is 0 Å². The highest BCUT2D eigenvalue weighted by atomic mass is 32.1. The van der Waals surface area contributed by atoms with Crippen molar-refractivity contribution >= 4 is 34.6 Å². The van der Waals surface area contributed by atoms with Crippen molar-refractivity contribution in [3.05, 3.63) is 102 Å². The Balaban J connectivity index is 1.64. The molecule has 2 aromatic heterocycles. The minimum absolute atomic E-state index is 0.0733. The highest BCUT2D eigenvalue weighted by Gasteiger charge is 2.42. The smallest absolute Gasteiger partial charge is 0.224 e. The van der Waals surface area contributed by atoms with Gasteiger partial charge in [0.25, 0.3) is 0 Å². The molecule has 38 heavy (non-hydrogen) atoms. The number of thiocarbonyl (C=S) groups is 1. The lowest BCUT2D eigenvalue weighted by Crippen LogP contribution is -2.29. The van der Waals surface area contributed by atoms with Gasteiger partial charge in [0.15, 0.2) is 5.11 Å². The van der Waals surface area contributed by atoms with Crippen LogP contribution in [-0.2, 0) is 4.79 Å². The Hall–Kier alpha value is -4.17. The number of methoxy groups -OCH3 is 1. The van der Waals surface area contributed by atoms with Crippen molar-refractivity contribution in [2.45, 2.75) is 39.3 Å². The van der Waals surface area contributed by atoms with Crippen molar-refractivity contribution in [1.82, 2.24) is 14.9 Å². The normalized spacial score (nSPS) is 16.8. The van der Waals surface area contributed by atoms with Gasteiger partial charge in [0.1, 0.15) is 5.75 Å². The number of amides is 1. The van der Waals surface area contributed by atoms with Gasteiger partial charge in [-0.3, -0.25) is 9.78 Å². The number of hydrogen-bond acceptors (Lipinski definition) is 4. The van der Waals surface area contributed by atoms with Gasteiger partial charge >= 0.3 is 0 Å². The van der Waals surface area contributed by atoms with Crippen LogP contribution in [0.3, 0.4) is 0 Å². The summed E-state index contributed by atoms with van der Waals surface area (Å²) < 4.78 is 7.93. The highest BCUT2D eigenvalue weighted by molar-refractivity contribution is 7.80. The fraction of sp³-hybridized carbons (Fsp3) is 0.233. The monoisotopic (exact) mass is 525 g/mol. The number of carbonyl (C=O) groups is 1. The SMILES string of the molecule is CCC(=O)Nc1ccc(N2C(=S)N[C@H](c3ccccn3)[C@H]2c2cc(C)n(-c3ccccc3)c2C)cc1OC. The summed E-state index contributed by atoms with van der Waals surface area (Å²) in [5.41, 5.74) is 6.93. The van der Waals surface area contributed by atoms with Gasteiger partial charge < -0.3 is 24.8 Å². The molecule has 8 heteroatoms. The molecule has 1 fully saturated rings. The maximum Gasteiger partial charge on any atom is 0.224 e. The van der Waals surface area contributed by atoms with E-state index in [0.29, 0.717) is 23.0 Å². The summed E-state index contributed by atoms with van der Waals surface area (Å²) in [6, 6.07) is 23.9. The molecule has 0 radical (unpaired) electrons. The molecule has 1 aliphatic heterocycles. The molecule has 0 aliphatic carbocycles. The van der Waals surface area contributed by atoms with Gasteiger partial charge in [-0.2, -0.15) is 0 Å². The Kier molecular flexibility index (Phi) is 7.15. The molecular formula is C30H31N5O2S. The third-order valence-electron chi connectivity index (χ3n) is 6.96. The number of pyridine rings is 1. The molecule has 3 heterocycles. The molecule has 0 unspecified atom stereocenters. The second-order valence-corrected chi connectivity index (χ2v) is 9.67. The molecule has 2 aromatic carbocycles. The van der Waals surface area contributed by atoms with E-state index >= 15 is 0 Å². The summed E-state index contributed by atoms with van der Waals surface area (Å²) >= 11 is 5.92. The maximum absolute atomic E-state index is 12.1. The number of benzene rings is 2. The van der Waals surface area contributed by atoms with Crippen LogP contribution >= 0.6 is 12.2 Å². The number of nitrogens with one attached hydrogen (secondary N) is 2. The third-order valence-corrected chi connectivity index (χ3v) is 7.27. The number of carbonyl (C=O) groups excluding carboxylic acids is 1. The number of hydrogen-bond donors (Lipinski definition) is 2. The lowest BCUT2D eigenvalue weighted by Gasteiger charge is -2.29. The van der Waals surface area contributed by atoms with Gasteiger partial charge in [-0.15, -0.1) is 0 Å². The number of ether oxygens (including phenoxy) is 1. The number of para-hydroxylation sites is 1. The second kappa shape index (κ2) is 10.7. The molecule has 0 bridgehead atoms. The van der Waals surface area contributed by atoms with Crippen molar-refractivity contribution < 1.29 is 9.53 Å². The van der Waals surface area contributed by atoms with Gasteiger partial charge in [0, 0.05) is 41.4 Å². The molecular weight excluding hydrogens is 494 g/mol. The number of aryl methyl sites for hydroxylation is 1. The first-order chi connectivity index (χ1) is 18.4. The molecule has 194 valence electrons. The Bertz CT molecular complexity index is 1470. The summed E-state index contributed by atoms with van der Waals surface area (Å²) in [7, 11) is 1.60. The van der Waals surface area contributed by atoms with Crippen LogP contribution in [0.4, 0.5) is 11.4 Å². The summed E-state index contributed by atoms with van der Waals surface area (Å²) in [5.74, 6) is 0.498. The van der Waals surface area contributed by atoms with E-state index in [2.05, 4.69) is 57.1 Å². The lowest BCUT2D eigenvalue weighted by atomic mass is 9.96. The number of anilines is 2. The van der Waals surface area contributed by atoms with Crippen molar-refractivity contribution in [2.24, 2.45) is 0 Å². The molecule has 0 saturated carbocycles. The standard InChI is InChI=1S/C30H31N5O2S/c1-5-27(36)32-24-15-14-22(18-26(24)37-4)35-29(28(33-30(35)38)25-13-9-10-16-31-25)23-17-19(2)34(20(23)3)21-11-7-6-8-12-21/h6-18,28-29H,5H2,1-4H3,(H,32,36)(H,33,38)/t28-,29-/m1/s1. The van der Waals surface area contributed by atoms with E-state index in [4.69, 9.17) is 17.0 Å². The first-order valence-electron chi connectivity index (χ1n) is 12.7. The summed E-state index contributed by atoms with van der Waals surface area (Å²) in [6.45, 7) is 6.09. The zero-order valence-corrected chi connectivity index (χ0v) is 22.8. The molecule has 2 N–H and O–H groups in total. The number of aromatic nitrogens is 2. The molecule has 1 amide bonds. The third kappa shape index (κ3) is 4.63. The largest absolute Gasteiger partial charge is 0.494 e. The molecule has 1 aliphatic rings. The molecule has 0 spiro atoms. The van der Waals surface area contributed by atoms with E-state index in [-0.39, 0.29) is 18.0 Å². The fourth-order valence-electron chi connectivity index (χ4n) is 5.18. The van der Waals surface area contributed by atoms with E-state index in [1.807, 2.05) is 61.5 Å². The lowest BCUT2D eigenvalue weighted by molar-refractivity contribution is -0.115. The van der Waals surface area contributed by atoms with Gasteiger partial charge in [-0.25, -0.2) is 0 Å². The summed E-state index contributed by atoms with van der Waals surface area (Å²) in [6.07, 6.45) is 2.19. The highest BCUT2D eigenvalue weighted by Crippen LogP contribution is 2.45. The van der Waals surface area contributed by atoms with Crippen LogP contribution in [-0.4, -0.2) is 27.7 Å². The van der Waals surface area contributed by atoms with E-state index in [0.717, 1.165) is 34.0 Å². The Morgan fingerprint density at radius 1 is 1.05 bits per heavy atom. The molecule has 2 atom stereocenters.